The summed E-state index contributed by atoms with van der Waals surface area (Å²) in [6, 6.07) is 6.21. The molecule has 2 rings (SSSR count). The molecule has 1 aromatic carbocycles. The highest BCUT2D eigenvalue weighted by Gasteiger charge is 2.18. The SMILES string of the molecule is CC1Cc2cc(CNN)ccc2O1. The van der Waals surface area contributed by atoms with Crippen LogP contribution < -0.4 is 16.0 Å². The van der Waals surface area contributed by atoms with E-state index < -0.39 is 0 Å². The molecule has 0 bridgehead atoms. The highest BCUT2D eigenvalue weighted by molar-refractivity contribution is 5.40. The molecule has 0 saturated heterocycles. The van der Waals surface area contributed by atoms with Crippen molar-refractivity contribution in [1.82, 2.24) is 5.43 Å². The molecule has 70 valence electrons. The summed E-state index contributed by atoms with van der Waals surface area (Å²) >= 11 is 0. The van der Waals surface area contributed by atoms with Crippen LogP contribution in [0.4, 0.5) is 0 Å². The Labute approximate surface area is 77.9 Å². The van der Waals surface area contributed by atoms with Crippen molar-refractivity contribution in [2.75, 3.05) is 0 Å². The Kier molecular flexibility index (Phi) is 2.20. The lowest BCUT2D eigenvalue weighted by Gasteiger charge is -2.03. The smallest absolute Gasteiger partial charge is 0.123 e. The fourth-order valence-corrected chi connectivity index (χ4v) is 1.70. The van der Waals surface area contributed by atoms with E-state index in [4.69, 9.17) is 10.6 Å². The van der Waals surface area contributed by atoms with Crippen LogP contribution in [0.25, 0.3) is 0 Å². The molecule has 0 aromatic heterocycles. The normalized spacial score (nSPS) is 19.7. The van der Waals surface area contributed by atoms with Gasteiger partial charge in [0.25, 0.3) is 0 Å². The molecule has 1 atom stereocenters. The molecule has 0 spiro atoms. The van der Waals surface area contributed by atoms with Crippen LogP contribution in [-0.4, -0.2) is 6.10 Å². The lowest BCUT2D eigenvalue weighted by molar-refractivity contribution is 0.254. The van der Waals surface area contributed by atoms with Gasteiger partial charge in [-0.15, -0.1) is 0 Å². The van der Waals surface area contributed by atoms with Crippen molar-refractivity contribution in [3.63, 3.8) is 0 Å². The van der Waals surface area contributed by atoms with Gasteiger partial charge in [-0.3, -0.25) is 11.3 Å². The van der Waals surface area contributed by atoms with Crippen LogP contribution in [0.1, 0.15) is 18.1 Å². The number of nitrogens with two attached hydrogens (primary N) is 1. The molecule has 1 unspecified atom stereocenters. The van der Waals surface area contributed by atoms with Crippen molar-refractivity contribution in [2.45, 2.75) is 26.0 Å². The van der Waals surface area contributed by atoms with Crippen molar-refractivity contribution in [3.05, 3.63) is 29.3 Å². The molecule has 1 aliphatic heterocycles. The number of benzene rings is 1. The first kappa shape index (κ1) is 8.53. The summed E-state index contributed by atoms with van der Waals surface area (Å²) in [5.74, 6) is 6.27. The van der Waals surface area contributed by atoms with Gasteiger partial charge in [0, 0.05) is 13.0 Å². The Balaban J connectivity index is 2.24. The van der Waals surface area contributed by atoms with Gasteiger partial charge in [-0.1, -0.05) is 12.1 Å². The molecule has 1 aromatic rings. The lowest BCUT2D eigenvalue weighted by atomic mass is 10.1. The van der Waals surface area contributed by atoms with E-state index in [1.807, 2.05) is 12.1 Å². The molecule has 3 heteroatoms. The summed E-state index contributed by atoms with van der Waals surface area (Å²) in [6.07, 6.45) is 1.32. The van der Waals surface area contributed by atoms with Crippen LogP contribution >= 0.6 is 0 Å². The minimum atomic E-state index is 0.316. The van der Waals surface area contributed by atoms with Gasteiger partial charge in [-0.2, -0.15) is 0 Å². The molecule has 0 aliphatic carbocycles. The van der Waals surface area contributed by atoms with Crippen LogP contribution in [0.3, 0.4) is 0 Å². The zero-order valence-corrected chi connectivity index (χ0v) is 7.71. The van der Waals surface area contributed by atoms with Crippen LogP contribution in [0, 0.1) is 0 Å². The van der Waals surface area contributed by atoms with E-state index in [0.29, 0.717) is 12.6 Å². The summed E-state index contributed by atoms with van der Waals surface area (Å²) in [5, 5.41) is 0. The minimum Gasteiger partial charge on any atom is -0.490 e. The second-order valence-electron chi connectivity index (χ2n) is 3.46. The standard InChI is InChI=1S/C10H14N2O/c1-7-4-9-5-8(6-12-11)2-3-10(9)13-7/h2-3,5,7,12H,4,6,11H2,1H3. The lowest BCUT2D eigenvalue weighted by Crippen LogP contribution is -2.20. The fraction of sp³-hybridized carbons (Fsp3) is 0.400. The van der Waals surface area contributed by atoms with Gasteiger partial charge in [-0.05, 0) is 24.1 Å². The van der Waals surface area contributed by atoms with Crippen molar-refractivity contribution in [2.24, 2.45) is 5.84 Å². The Morgan fingerprint density at radius 2 is 2.46 bits per heavy atom. The summed E-state index contributed by atoms with van der Waals surface area (Å²) in [4.78, 5) is 0. The molecule has 13 heavy (non-hydrogen) atoms. The fourth-order valence-electron chi connectivity index (χ4n) is 1.70. The molecule has 0 radical (unpaired) electrons. The van der Waals surface area contributed by atoms with Crippen molar-refractivity contribution in [3.8, 4) is 5.75 Å². The maximum atomic E-state index is 5.59. The van der Waals surface area contributed by atoms with Crippen molar-refractivity contribution >= 4 is 0 Å². The van der Waals surface area contributed by atoms with E-state index in [1.165, 1.54) is 11.1 Å². The molecule has 0 fully saturated rings. The third kappa shape index (κ3) is 1.66. The second-order valence-corrected chi connectivity index (χ2v) is 3.46. The van der Waals surface area contributed by atoms with Crippen LogP contribution in [0.2, 0.25) is 0 Å². The Morgan fingerprint density at radius 3 is 3.23 bits per heavy atom. The summed E-state index contributed by atoms with van der Waals surface area (Å²) in [5.41, 5.74) is 5.14. The van der Waals surface area contributed by atoms with Crippen molar-refractivity contribution < 1.29 is 4.74 Å². The third-order valence-electron chi connectivity index (χ3n) is 2.27. The number of fused-ring (bicyclic) bond motifs is 1. The van der Waals surface area contributed by atoms with E-state index in [9.17, 15) is 0 Å². The van der Waals surface area contributed by atoms with Gasteiger partial charge in [-0.25, -0.2) is 0 Å². The highest BCUT2D eigenvalue weighted by atomic mass is 16.5. The number of ether oxygens (including phenoxy) is 1. The zero-order chi connectivity index (χ0) is 9.26. The number of rotatable bonds is 2. The molecule has 1 aliphatic rings. The molecule has 3 N–H and O–H groups in total. The highest BCUT2D eigenvalue weighted by Crippen LogP contribution is 2.29. The quantitative estimate of drug-likeness (QED) is 0.524. The molecular weight excluding hydrogens is 164 g/mol. The first-order valence-corrected chi connectivity index (χ1v) is 4.51. The number of hydrogen-bond donors (Lipinski definition) is 2. The summed E-state index contributed by atoms with van der Waals surface area (Å²) in [7, 11) is 0. The first-order valence-electron chi connectivity index (χ1n) is 4.51. The Hall–Kier alpha value is -1.06. The number of hydrazine groups is 1. The second kappa shape index (κ2) is 3.36. The van der Waals surface area contributed by atoms with Gasteiger partial charge in [0.05, 0.1) is 0 Å². The predicted molar refractivity (Wildman–Crippen MR) is 51.3 cm³/mol. The summed E-state index contributed by atoms with van der Waals surface area (Å²) < 4.78 is 5.59. The zero-order valence-electron chi connectivity index (χ0n) is 7.71. The van der Waals surface area contributed by atoms with Crippen LogP contribution in [0.15, 0.2) is 18.2 Å². The third-order valence-corrected chi connectivity index (χ3v) is 2.27. The Bertz CT molecular complexity index is 312. The first-order chi connectivity index (χ1) is 6.29. The average Bonchev–Trinajstić information content (AvgIpc) is 2.44. The van der Waals surface area contributed by atoms with Gasteiger partial charge in [0.1, 0.15) is 11.9 Å². The topological polar surface area (TPSA) is 47.3 Å². The van der Waals surface area contributed by atoms with Crippen LogP contribution in [0.5, 0.6) is 5.75 Å². The van der Waals surface area contributed by atoms with E-state index >= 15 is 0 Å². The van der Waals surface area contributed by atoms with E-state index in [-0.39, 0.29) is 0 Å². The van der Waals surface area contributed by atoms with E-state index in [2.05, 4.69) is 18.4 Å². The largest absolute Gasteiger partial charge is 0.490 e. The average molecular weight is 178 g/mol. The van der Waals surface area contributed by atoms with Gasteiger partial charge in [0.15, 0.2) is 0 Å². The molecular formula is C10H14N2O. The maximum absolute atomic E-state index is 5.59. The molecule has 0 amide bonds. The number of nitrogens with one attached hydrogen (secondary N) is 1. The number of hydrogen-bond acceptors (Lipinski definition) is 3. The van der Waals surface area contributed by atoms with E-state index in [0.717, 1.165) is 12.2 Å². The predicted octanol–water partition coefficient (Wildman–Crippen LogP) is 0.973. The minimum absolute atomic E-state index is 0.316. The van der Waals surface area contributed by atoms with Gasteiger partial charge in [0.2, 0.25) is 0 Å². The molecule has 1 heterocycles. The Morgan fingerprint density at radius 1 is 1.62 bits per heavy atom. The maximum Gasteiger partial charge on any atom is 0.123 e. The molecule has 0 saturated carbocycles. The van der Waals surface area contributed by atoms with E-state index in [1.54, 1.807) is 0 Å². The monoisotopic (exact) mass is 178 g/mol. The van der Waals surface area contributed by atoms with Crippen LogP contribution in [-0.2, 0) is 13.0 Å². The summed E-state index contributed by atoms with van der Waals surface area (Å²) in [6.45, 7) is 2.79. The van der Waals surface area contributed by atoms with Crippen molar-refractivity contribution in [1.29, 1.82) is 0 Å². The van der Waals surface area contributed by atoms with Gasteiger partial charge >= 0.3 is 0 Å². The van der Waals surface area contributed by atoms with Gasteiger partial charge < -0.3 is 4.74 Å². The molecule has 3 nitrogen and oxygen atoms in total.